The van der Waals surface area contributed by atoms with Gasteiger partial charge in [0, 0.05) is 0 Å². The van der Waals surface area contributed by atoms with Gasteiger partial charge in [0.2, 0.25) is 0 Å². The summed E-state index contributed by atoms with van der Waals surface area (Å²) in [5.41, 5.74) is 1.95. The third kappa shape index (κ3) is 6.10. The lowest BCUT2D eigenvalue weighted by molar-refractivity contribution is -0.0498. The number of alkyl halides is 2. The van der Waals surface area contributed by atoms with E-state index in [2.05, 4.69) is 11.7 Å². The molecule has 2 aromatic carbocycles. The molecule has 4 heteroatoms. The first-order valence-electron chi connectivity index (χ1n) is 7.63. The van der Waals surface area contributed by atoms with Crippen LogP contribution in [-0.2, 0) is 0 Å². The normalized spacial score (nSPS) is 11.1. The monoisotopic (exact) mass is 318 g/mol. The lowest BCUT2D eigenvalue weighted by Gasteiger charge is -2.05. The minimum absolute atomic E-state index is 0.158. The molecule has 0 fully saturated rings. The average Bonchev–Trinajstić information content (AvgIpc) is 2.55. The average molecular weight is 318 g/mol. The fourth-order valence-corrected chi connectivity index (χ4v) is 1.96. The van der Waals surface area contributed by atoms with Gasteiger partial charge in [-0.2, -0.15) is 8.78 Å². The first-order chi connectivity index (χ1) is 11.2. The van der Waals surface area contributed by atoms with Crippen molar-refractivity contribution in [2.75, 3.05) is 6.61 Å². The number of hydrogen-bond acceptors (Lipinski definition) is 2. The van der Waals surface area contributed by atoms with Gasteiger partial charge in [0.05, 0.1) is 6.61 Å². The van der Waals surface area contributed by atoms with E-state index in [1.807, 2.05) is 36.4 Å². The first kappa shape index (κ1) is 17.0. The van der Waals surface area contributed by atoms with E-state index in [1.54, 1.807) is 12.1 Å². The second kappa shape index (κ2) is 8.93. The Kier molecular flexibility index (Phi) is 6.60. The van der Waals surface area contributed by atoms with Gasteiger partial charge in [-0.3, -0.25) is 0 Å². The number of benzene rings is 2. The van der Waals surface area contributed by atoms with Crippen LogP contribution in [0, 0.1) is 0 Å². The summed E-state index contributed by atoms with van der Waals surface area (Å²) < 4.78 is 34.1. The fraction of sp³-hybridized carbons (Fsp3) is 0.263. The second-order valence-electron chi connectivity index (χ2n) is 5.05. The highest BCUT2D eigenvalue weighted by Crippen LogP contribution is 2.18. The summed E-state index contributed by atoms with van der Waals surface area (Å²) in [6.07, 6.45) is 6.03. The van der Waals surface area contributed by atoms with Crippen molar-refractivity contribution in [3.63, 3.8) is 0 Å². The summed E-state index contributed by atoms with van der Waals surface area (Å²) in [5, 5.41) is 0. The Morgan fingerprint density at radius 3 is 1.87 bits per heavy atom. The van der Waals surface area contributed by atoms with Gasteiger partial charge >= 0.3 is 6.61 Å². The summed E-state index contributed by atoms with van der Waals surface area (Å²) in [7, 11) is 0. The van der Waals surface area contributed by atoms with E-state index >= 15 is 0 Å². The van der Waals surface area contributed by atoms with Crippen molar-refractivity contribution in [3.8, 4) is 11.5 Å². The molecule has 0 saturated carbocycles. The van der Waals surface area contributed by atoms with Gasteiger partial charge in [-0.05, 0) is 41.8 Å². The van der Waals surface area contributed by atoms with Crippen LogP contribution < -0.4 is 9.47 Å². The van der Waals surface area contributed by atoms with Gasteiger partial charge in [-0.25, -0.2) is 0 Å². The third-order valence-electron chi connectivity index (χ3n) is 3.22. The van der Waals surface area contributed by atoms with Gasteiger partial charge in [0.1, 0.15) is 11.5 Å². The molecule has 2 nitrogen and oxygen atoms in total. The molecule has 0 aliphatic heterocycles. The number of rotatable bonds is 8. The van der Waals surface area contributed by atoms with Gasteiger partial charge in [0.25, 0.3) is 0 Å². The predicted molar refractivity (Wildman–Crippen MR) is 88.8 cm³/mol. The van der Waals surface area contributed by atoms with Crippen molar-refractivity contribution in [3.05, 3.63) is 59.7 Å². The van der Waals surface area contributed by atoms with Crippen LogP contribution in [0.4, 0.5) is 8.78 Å². The molecule has 0 aliphatic rings. The molecular formula is C19H20F2O2. The third-order valence-corrected chi connectivity index (χ3v) is 3.22. The highest BCUT2D eigenvalue weighted by atomic mass is 19.3. The number of unbranched alkanes of at least 4 members (excludes halogenated alkanes) is 1. The van der Waals surface area contributed by atoms with Crippen molar-refractivity contribution in [2.24, 2.45) is 0 Å². The molecule has 0 radical (unpaired) electrons. The molecule has 122 valence electrons. The number of halogens is 2. The Hall–Kier alpha value is -2.36. The van der Waals surface area contributed by atoms with Crippen molar-refractivity contribution in [1.82, 2.24) is 0 Å². The van der Waals surface area contributed by atoms with Crippen LogP contribution in [0.25, 0.3) is 12.2 Å². The van der Waals surface area contributed by atoms with Crippen LogP contribution >= 0.6 is 0 Å². The van der Waals surface area contributed by atoms with E-state index in [-0.39, 0.29) is 5.75 Å². The van der Waals surface area contributed by atoms with E-state index in [9.17, 15) is 8.78 Å². The summed E-state index contributed by atoms with van der Waals surface area (Å²) in [4.78, 5) is 0. The van der Waals surface area contributed by atoms with E-state index in [4.69, 9.17) is 4.74 Å². The molecule has 0 spiro atoms. The van der Waals surface area contributed by atoms with Crippen molar-refractivity contribution in [1.29, 1.82) is 0 Å². The Morgan fingerprint density at radius 2 is 1.39 bits per heavy atom. The Bertz CT molecular complexity index is 604. The van der Waals surface area contributed by atoms with E-state index in [1.165, 1.54) is 12.1 Å². The summed E-state index contributed by atoms with van der Waals surface area (Å²) >= 11 is 0. The first-order valence-corrected chi connectivity index (χ1v) is 7.63. The Balaban J connectivity index is 1.91. The van der Waals surface area contributed by atoms with Gasteiger partial charge in [-0.1, -0.05) is 49.8 Å². The molecular weight excluding hydrogens is 298 g/mol. The summed E-state index contributed by atoms with van der Waals surface area (Å²) in [6.45, 7) is 0.0664. The van der Waals surface area contributed by atoms with Crippen molar-refractivity contribution in [2.45, 2.75) is 26.4 Å². The van der Waals surface area contributed by atoms with Gasteiger partial charge in [-0.15, -0.1) is 0 Å². The Morgan fingerprint density at radius 1 is 0.870 bits per heavy atom. The minimum atomic E-state index is -2.80. The maximum atomic E-state index is 12.1. The van der Waals surface area contributed by atoms with Crippen LogP contribution in [0.1, 0.15) is 30.9 Å². The zero-order chi connectivity index (χ0) is 16.5. The Labute approximate surface area is 135 Å². The molecule has 0 saturated heterocycles. The van der Waals surface area contributed by atoms with Crippen LogP contribution in [-0.4, -0.2) is 13.2 Å². The molecule has 0 amide bonds. The maximum absolute atomic E-state index is 12.1. The standard InChI is InChI=1S/C19H20F2O2/c1-2-3-14-22-17-10-6-15(7-11-17)4-5-16-8-12-18(13-9-16)23-19(20)21/h4-13,19H,2-3,14H2,1H3. The lowest BCUT2D eigenvalue weighted by atomic mass is 10.1. The van der Waals surface area contributed by atoms with E-state index in [0.29, 0.717) is 0 Å². The van der Waals surface area contributed by atoms with Crippen LogP contribution in [0.3, 0.4) is 0 Å². The molecule has 0 aliphatic carbocycles. The summed E-state index contributed by atoms with van der Waals surface area (Å²) in [6, 6.07) is 14.3. The molecule has 0 heterocycles. The molecule has 0 bridgehead atoms. The smallest absolute Gasteiger partial charge is 0.387 e. The van der Waals surface area contributed by atoms with Crippen LogP contribution in [0.15, 0.2) is 48.5 Å². The molecule has 23 heavy (non-hydrogen) atoms. The minimum Gasteiger partial charge on any atom is -0.494 e. The molecule has 0 aromatic heterocycles. The van der Waals surface area contributed by atoms with Crippen LogP contribution in [0.2, 0.25) is 0 Å². The zero-order valence-corrected chi connectivity index (χ0v) is 13.0. The fourth-order valence-electron chi connectivity index (χ4n) is 1.96. The second-order valence-corrected chi connectivity index (χ2v) is 5.05. The molecule has 0 N–H and O–H groups in total. The highest BCUT2D eigenvalue weighted by Gasteiger charge is 2.02. The van der Waals surface area contributed by atoms with Crippen LogP contribution in [0.5, 0.6) is 11.5 Å². The number of hydrogen-bond donors (Lipinski definition) is 0. The quantitative estimate of drug-likeness (QED) is 0.463. The molecule has 0 atom stereocenters. The van der Waals surface area contributed by atoms with Crippen molar-refractivity contribution < 1.29 is 18.3 Å². The molecule has 2 aromatic rings. The molecule has 2 rings (SSSR count). The molecule has 0 unspecified atom stereocenters. The SMILES string of the molecule is CCCCOc1ccc(C=Cc2ccc(OC(F)F)cc2)cc1. The van der Waals surface area contributed by atoms with E-state index < -0.39 is 6.61 Å². The largest absolute Gasteiger partial charge is 0.494 e. The lowest BCUT2D eigenvalue weighted by Crippen LogP contribution is -2.01. The van der Waals surface area contributed by atoms with Gasteiger partial charge in [0.15, 0.2) is 0 Å². The zero-order valence-electron chi connectivity index (χ0n) is 13.0. The predicted octanol–water partition coefficient (Wildman–Crippen LogP) is 5.64. The van der Waals surface area contributed by atoms with Crippen molar-refractivity contribution >= 4 is 12.2 Å². The van der Waals surface area contributed by atoms with E-state index in [0.717, 1.165) is 36.3 Å². The maximum Gasteiger partial charge on any atom is 0.387 e. The highest BCUT2D eigenvalue weighted by molar-refractivity contribution is 5.70. The number of ether oxygens (including phenoxy) is 2. The summed E-state index contributed by atoms with van der Waals surface area (Å²) in [5.74, 6) is 1.02. The topological polar surface area (TPSA) is 18.5 Å². The van der Waals surface area contributed by atoms with Gasteiger partial charge < -0.3 is 9.47 Å².